The van der Waals surface area contributed by atoms with E-state index >= 15 is 0 Å². The van der Waals surface area contributed by atoms with Gasteiger partial charge in [0, 0.05) is 10.0 Å². The lowest BCUT2D eigenvalue weighted by atomic mass is 10.1. The van der Waals surface area contributed by atoms with Crippen molar-refractivity contribution in [3.63, 3.8) is 0 Å². The number of carbonyl (C=O) groups is 1. The SMILES string of the molecule is COc1ccc(C(=O)N[C@H](C)c2ccc(Br)cc2)cc1C. The molecule has 0 aromatic heterocycles. The lowest BCUT2D eigenvalue weighted by molar-refractivity contribution is 0.0940. The van der Waals surface area contributed by atoms with Gasteiger partial charge in [-0.05, 0) is 55.3 Å². The molecule has 0 saturated carbocycles. The van der Waals surface area contributed by atoms with Crippen LogP contribution in [0.15, 0.2) is 46.9 Å². The molecule has 0 bridgehead atoms. The molecule has 0 saturated heterocycles. The highest BCUT2D eigenvalue weighted by molar-refractivity contribution is 9.10. The molecule has 0 radical (unpaired) electrons. The van der Waals surface area contributed by atoms with Crippen molar-refractivity contribution in [2.24, 2.45) is 0 Å². The van der Waals surface area contributed by atoms with Crippen LogP contribution < -0.4 is 10.1 Å². The second-order valence-electron chi connectivity index (χ2n) is 4.93. The fraction of sp³-hybridized carbons (Fsp3) is 0.235. The van der Waals surface area contributed by atoms with Gasteiger partial charge in [-0.2, -0.15) is 0 Å². The molecule has 0 heterocycles. The summed E-state index contributed by atoms with van der Waals surface area (Å²) >= 11 is 3.40. The van der Waals surface area contributed by atoms with E-state index in [-0.39, 0.29) is 11.9 Å². The highest BCUT2D eigenvalue weighted by atomic mass is 79.9. The third-order valence-corrected chi connectivity index (χ3v) is 3.90. The summed E-state index contributed by atoms with van der Waals surface area (Å²) in [7, 11) is 1.62. The molecule has 3 nitrogen and oxygen atoms in total. The molecule has 2 aromatic carbocycles. The van der Waals surface area contributed by atoms with Crippen LogP contribution in [0.3, 0.4) is 0 Å². The maximum absolute atomic E-state index is 12.3. The molecule has 21 heavy (non-hydrogen) atoms. The number of nitrogens with one attached hydrogen (secondary N) is 1. The van der Waals surface area contributed by atoms with Crippen LogP contribution in [0.5, 0.6) is 5.75 Å². The third kappa shape index (κ3) is 3.85. The Morgan fingerprint density at radius 2 is 1.86 bits per heavy atom. The van der Waals surface area contributed by atoms with Crippen molar-refractivity contribution in [3.05, 3.63) is 63.6 Å². The van der Waals surface area contributed by atoms with Crippen molar-refractivity contribution in [3.8, 4) is 5.75 Å². The Hall–Kier alpha value is -1.81. The lowest BCUT2D eigenvalue weighted by Crippen LogP contribution is -2.26. The van der Waals surface area contributed by atoms with Crippen molar-refractivity contribution < 1.29 is 9.53 Å². The number of amides is 1. The summed E-state index contributed by atoms with van der Waals surface area (Å²) in [5, 5.41) is 3.00. The van der Waals surface area contributed by atoms with Crippen LogP contribution in [0.1, 0.15) is 34.5 Å². The molecule has 0 unspecified atom stereocenters. The van der Waals surface area contributed by atoms with Crippen molar-refractivity contribution in [2.45, 2.75) is 19.9 Å². The fourth-order valence-corrected chi connectivity index (χ4v) is 2.40. The number of carbonyl (C=O) groups excluding carboxylic acids is 1. The van der Waals surface area contributed by atoms with Gasteiger partial charge < -0.3 is 10.1 Å². The van der Waals surface area contributed by atoms with Gasteiger partial charge in [-0.3, -0.25) is 4.79 Å². The monoisotopic (exact) mass is 347 g/mol. The van der Waals surface area contributed by atoms with Crippen LogP contribution in [0.4, 0.5) is 0 Å². The average molecular weight is 348 g/mol. The minimum absolute atomic E-state index is 0.0481. The van der Waals surface area contributed by atoms with Gasteiger partial charge in [0.05, 0.1) is 13.2 Å². The first kappa shape index (κ1) is 15.6. The minimum atomic E-state index is -0.0869. The first-order valence-corrected chi connectivity index (χ1v) is 7.51. The molecule has 0 spiro atoms. The second kappa shape index (κ2) is 6.76. The van der Waals surface area contributed by atoms with Gasteiger partial charge in [-0.15, -0.1) is 0 Å². The van der Waals surface area contributed by atoms with Gasteiger partial charge in [-0.25, -0.2) is 0 Å². The molecule has 1 amide bonds. The normalized spacial score (nSPS) is 11.8. The standard InChI is InChI=1S/C17H18BrNO2/c1-11-10-14(6-9-16(11)21-3)17(20)19-12(2)13-4-7-15(18)8-5-13/h4-10,12H,1-3H3,(H,19,20)/t12-/m1/s1. The molecular weight excluding hydrogens is 330 g/mol. The third-order valence-electron chi connectivity index (χ3n) is 3.37. The molecule has 1 N–H and O–H groups in total. The van der Waals surface area contributed by atoms with E-state index in [2.05, 4.69) is 21.2 Å². The number of benzene rings is 2. The van der Waals surface area contributed by atoms with Crippen LogP contribution in [0, 0.1) is 6.92 Å². The summed E-state index contributed by atoms with van der Waals surface area (Å²) in [6.07, 6.45) is 0. The predicted molar refractivity (Wildman–Crippen MR) is 87.8 cm³/mol. The van der Waals surface area contributed by atoms with Gasteiger partial charge in [-0.1, -0.05) is 28.1 Å². The number of ether oxygens (including phenoxy) is 1. The summed E-state index contributed by atoms with van der Waals surface area (Å²) in [5.41, 5.74) is 2.65. The first-order chi connectivity index (χ1) is 10.0. The quantitative estimate of drug-likeness (QED) is 0.897. The lowest BCUT2D eigenvalue weighted by Gasteiger charge is -2.15. The zero-order valence-corrected chi connectivity index (χ0v) is 13.9. The van der Waals surface area contributed by atoms with E-state index < -0.39 is 0 Å². The van der Waals surface area contributed by atoms with Gasteiger partial charge in [0.15, 0.2) is 0 Å². The van der Waals surface area contributed by atoms with E-state index in [9.17, 15) is 4.79 Å². The summed E-state index contributed by atoms with van der Waals surface area (Å²) in [6, 6.07) is 13.3. The molecule has 2 rings (SSSR count). The van der Waals surface area contributed by atoms with E-state index in [0.29, 0.717) is 5.56 Å². The largest absolute Gasteiger partial charge is 0.496 e. The predicted octanol–water partition coefficient (Wildman–Crippen LogP) is 4.26. The highest BCUT2D eigenvalue weighted by Crippen LogP contribution is 2.20. The highest BCUT2D eigenvalue weighted by Gasteiger charge is 2.12. The maximum atomic E-state index is 12.3. The number of methoxy groups -OCH3 is 1. The van der Waals surface area contributed by atoms with Crippen LogP contribution in [0.25, 0.3) is 0 Å². The summed E-state index contributed by atoms with van der Waals surface area (Å²) < 4.78 is 6.23. The van der Waals surface area contributed by atoms with Crippen molar-refractivity contribution >= 4 is 21.8 Å². The Balaban J connectivity index is 2.10. The van der Waals surface area contributed by atoms with E-state index in [0.717, 1.165) is 21.3 Å². The maximum Gasteiger partial charge on any atom is 0.251 e. The first-order valence-electron chi connectivity index (χ1n) is 6.72. The molecule has 0 aliphatic rings. The van der Waals surface area contributed by atoms with E-state index in [1.807, 2.05) is 50.2 Å². The average Bonchev–Trinajstić information content (AvgIpc) is 2.47. The Bertz CT molecular complexity index is 638. The number of rotatable bonds is 4. The van der Waals surface area contributed by atoms with Crippen LogP contribution in [-0.4, -0.2) is 13.0 Å². The summed E-state index contributed by atoms with van der Waals surface area (Å²) in [4.78, 5) is 12.3. The number of hydrogen-bond acceptors (Lipinski definition) is 2. The number of hydrogen-bond donors (Lipinski definition) is 1. The zero-order valence-electron chi connectivity index (χ0n) is 12.3. The zero-order chi connectivity index (χ0) is 15.4. The Morgan fingerprint density at radius 1 is 1.19 bits per heavy atom. The molecule has 0 aliphatic heterocycles. The van der Waals surface area contributed by atoms with E-state index in [1.54, 1.807) is 13.2 Å². The number of aryl methyl sites for hydroxylation is 1. The fourth-order valence-electron chi connectivity index (χ4n) is 2.13. The molecule has 0 fully saturated rings. The Labute approximate surface area is 133 Å². The van der Waals surface area contributed by atoms with Crippen LogP contribution >= 0.6 is 15.9 Å². The second-order valence-corrected chi connectivity index (χ2v) is 5.85. The molecule has 1 atom stereocenters. The molecule has 110 valence electrons. The van der Waals surface area contributed by atoms with Crippen molar-refractivity contribution in [1.82, 2.24) is 5.32 Å². The van der Waals surface area contributed by atoms with Crippen molar-refractivity contribution in [1.29, 1.82) is 0 Å². The van der Waals surface area contributed by atoms with Gasteiger partial charge >= 0.3 is 0 Å². The summed E-state index contributed by atoms with van der Waals surface area (Å²) in [5.74, 6) is 0.698. The minimum Gasteiger partial charge on any atom is -0.496 e. The molecule has 2 aromatic rings. The van der Waals surface area contributed by atoms with E-state index in [1.165, 1.54) is 0 Å². The smallest absolute Gasteiger partial charge is 0.251 e. The topological polar surface area (TPSA) is 38.3 Å². The summed E-state index contributed by atoms with van der Waals surface area (Å²) in [6.45, 7) is 3.89. The number of halogens is 1. The van der Waals surface area contributed by atoms with Crippen molar-refractivity contribution in [2.75, 3.05) is 7.11 Å². The van der Waals surface area contributed by atoms with Crippen LogP contribution in [0.2, 0.25) is 0 Å². The molecule has 0 aliphatic carbocycles. The van der Waals surface area contributed by atoms with E-state index in [4.69, 9.17) is 4.74 Å². The molecular formula is C17H18BrNO2. The van der Waals surface area contributed by atoms with Gasteiger partial charge in [0.1, 0.15) is 5.75 Å². The Morgan fingerprint density at radius 3 is 2.43 bits per heavy atom. The van der Waals surface area contributed by atoms with Gasteiger partial charge in [0.2, 0.25) is 0 Å². The van der Waals surface area contributed by atoms with Crippen LogP contribution in [-0.2, 0) is 0 Å². The molecule has 4 heteroatoms. The van der Waals surface area contributed by atoms with Gasteiger partial charge in [0.25, 0.3) is 5.91 Å². The Kier molecular flexibility index (Phi) is 5.02.